The van der Waals surface area contributed by atoms with E-state index in [4.69, 9.17) is 10.9 Å². The molecule has 0 bridgehead atoms. The van der Waals surface area contributed by atoms with Crippen molar-refractivity contribution in [2.45, 2.75) is 19.8 Å². The monoisotopic (exact) mass is 300 g/mol. The predicted molar refractivity (Wildman–Crippen MR) is 79.3 cm³/mol. The molecule has 20 heavy (non-hydrogen) atoms. The maximum Gasteiger partial charge on any atom is 0.296 e. The van der Waals surface area contributed by atoms with E-state index < -0.39 is 10.2 Å². The third-order valence-corrected chi connectivity index (χ3v) is 3.20. The molecule has 0 fully saturated rings. The van der Waals surface area contributed by atoms with Gasteiger partial charge in [-0.05, 0) is 24.6 Å². The van der Waals surface area contributed by atoms with Gasteiger partial charge in [0.15, 0.2) is 0 Å². The molecule has 8 heteroatoms. The summed E-state index contributed by atoms with van der Waals surface area (Å²) in [6.45, 7) is 2.25. The van der Waals surface area contributed by atoms with E-state index in [2.05, 4.69) is 10.0 Å². The van der Waals surface area contributed by atoms with Crippen molar-refractivity contribution >= 4 is 27.5 Å². The molecule has 1 unspecified atom stereocenters. The zero-order valence-corrected chi connectivity index (χ0v) is 12.1. The van der Waals surface area contributed by atoms with Crippen LogP contribution in [-0.4, -0.2) is 20.9 Å². The standard InChI is InChI=1S/C12H20N4O3S/c1-2-4-9(8-13)12(17)15-10-5-3-6-11(7-10)16-20(14,18)19/h3,5-7,9,16H,2,4,8,13H2,1H3,(H,15,17)(H2,14,18,19). The van der Waals surface area contributed by atoms with Crippen molar-refractivity contribution in [1.82, 2.24) is 0 Å². The Morgan fingerprint density at radius 3 is 2.55 bits per heavy atom. The highest BCUT2D eigenvalue weighted by Crippen LogP contribution is 2.17. The van der Waals surface area contributed by atoms with Gasteiger partial charge in [0.1, 0.15) is 0 Å². The number of hydrogen-bond donors (Lipinski definition) is 4. The van der Waals surface area contributed by atoms with E-state index in [-0.39, 0.29) is 24.1 Å². The van der Waals surface area contributed by atoms with E-state index in [0.717, 1.165) is 6.42 Å². The Balaban J connectivity index is 2.77. The summed E-state index contributed by atoms with van der Waals surface area (Å²) in [6, 6.07) is 6.29. The van der Waals surface area contributed by atoms with E-state index in [1.54, 1.807) is 12.1 Å². The van der Waals surface area contributed by atoms with E-state index in [0.29, 0.717) is 12.1 Å². The quantitative estimate of drug-likeness (QED) is 0.588. The number of nitrogens with one attached hydrogen (secondary N) is 2. The van der Waals surface area contributed by atoms with Crippen LogP contribution in [-0.2, 0) is 15.0 Å². The van der Waals surface area contributed by atoms with Crippen LogP contribution in [0.3, 0.4) is 0 Å². The normalized spacial score (nSPS) is 12.8. The van der Waals surface area contributed by atoms with Crippen molar-refractivity contribution in [3.63, 3.8) is 0 Å². The molecule has 6 N–H and O–H groups in total. The molecule has 0 saturated heterocycles. The summed E-state index contributed by atoms with van der Waals surface area (Å²) in [5, 5.41) is 7.59. The minimum absolute atomic E-state index is 0.179. The fraction of sp³-hybridized carbons (Fsp3) is 0.417. The summed E-state index contributed by atoms with van der Waals surface area (Å²) in [6.07, 6.45) is 1.57. The largest absolute Gasteiger partial charge is 0.330 e. The highest BCUT2D eigenvalue weighted by Gasteiger charge is 2.15. The second-order valence-corrected chi connectivity index (χ2v) is 5.73. The lowest BCUT2D eigenvalue weighted by atomic mass is 10.0. The summed E-state index contributed by atoms with van der Waals surface area (Å²) >= 11 is 0. The summed E-state index contributed by atoms with van der Waals surface area (Å²) in [5.41, 5.74) is 6.32. The number of carbonyl (C=O) groups is 1. The minimum Gasteiger partial charge on any atom is -0.330 e. The molecule has 1 rings (SSSR count). The Morgan fingerprint density at radius 2 is 2.00 bits per heavy atom. The van der Waals surface area contributed by atoms with Crippen LogP contribution < -0.4 is 20.9 Å². The Labute approximate surface area is 118 Å². The third kappa shape index (κ3) is 5.55. The van der Waals surface area contributed by atoms with E-state index in [1.807, 2.05) is 6.92 Å². The Kier molecular flexibility index (Phi) is 5.93. The van der Waals surface area contributed by atoms with Gasteiger partial charge >= 0.3 is 0 Å². The fourth-order valence-corrected chi connectivity index (χ4v) is 2.23. The van der Waals surface area contributed by atoms with Crippen molar-refractivity contribution in [3.05, 3.63) is 24.3 Å². The van der Waals surface area contributed by atoms with Crippen LogP contribution in [0.15, 0.2) is 24.3 Å². The van der Waals surface area contributed by atoms with Crippen molar-refractivity contribution < 1.29 is 13.2 Å². The first-order valence-electron chi connectivity index (χ1n) is 6.27. The number of nitrogens with two attached hydrogens (primary N) is 2. The smallest absolute Gasteiger partial charge is 0.296 e. The van der Waals surface area contributed by atoms with Crippen LogP contribution >= 0.6 is 0 Å². The van der Waals surface area contributed by atoms with Crippen LogP contribution in [0.1, 0.15) is 19.8 Å². The molecule has 0 heterocycles. The lowest BCUT2D eigenvalue weighted by Gasteiger charge is -2.14. The zero-order chi connectivity index (χ0) is 15.2. The van der Waals surface area contributed by atoms with Gasteiger partial charge in [0, 0.05) is 12.2 Å². The molecule has 0 spiro atoms. The Morgan fingerprint density at radius 1 is 1.35 bits per heavy atom. The van der Waals surface area contributed by atoms with Crippen molar-refractivity contribution in [3.8, 4) is 0 Å². The molecule has 0 aromatic heterocycles. The van der Waals surface area contributed by atoms with Crippen LogP contribution in [0, 0.1) is 5.92 Å². The molecule has 1 atom stereocenters. The number of rotatable bonds is 7. The fourth-order valence-electron chi connectivity index (χ4n) is 1.77. The van der Waals surface area contributed by atoms with Gasteiger partial charge in [-0.1, -0.05) is 19.4 Å². The number of amides is 1. The van der Waals surface area contributed by atoms with Gasteiger partial charge < -0.3 is 11.1 Å². The molecule has 0 radical (unpaired) electrons. The van der Waals surface area contributed by atoms with Crippen molar-refractivity contribution in [2.24, 2.45) is 16.8 Å². The summed E-state index contributed by atoms with van der Waals surface area (Å²) in [5.74, 6) is -0.433. The summed E-state index contributed by atoms with van der Waals surface area (Å²) in [4.78, 5) is 12.0. The van der Waals surface area contributed by atoms with Gasteiger partial charge in [-0.2, -0.15) is 8.42 Å². The first-order chi connectivity index (χ1) is 9.35. The maximum atomic E-state index is 12.0. The topological polar surface area (TPSA) is 127 Å². The number of carbonyl (C=O) groups excluding carboxylic acids is 1. The van der Waals surface area contributed by atoms with Gasteiger partial charge in [0.2, 0.25) is 5.91 Å². The van der Waals surface area contributed by atoms with Gasteiger partial charge in [-0.3, -0.25) is 9.52 Å². The third-order valence-electron chi connectivity index (χ3n) is 2.68. The molecule has 0 aliphatic rings. The van der Waals surface area contributed by atoms with Crippen molar-refractivity contribution in [2.75, 3.05) is 16.6 Å². The molecule has 0 aliphatic heterocycles. The number of benzene rings is 1. The lowest BCUT2D eigenvalue weighted by molar-refractivity contribution is -0.119. The average Bonchev–Trinajstić information content (AvgIpc) is 2.34. The summed E-state index contributed by atoms with van der Waals surface area (Å²) in [7, 11) is -3.83. The SMILES string of the molecule is CCCC(CN)C(=O)Nc1cccc(NS(N)(=O)=O)c1. The van der Waals surface area contributed by atoms with Crippen LogP contribution in [0.2, 0.25) is 0 Å². The molecule has 7 nitrogen and oxygen atoms in total. The van der Waals surface area contributed by atoms with E-state index in [1.165, 1.54) is 12.1 Å². The first kappa shape index (κ1) is 16.4. The summed E-state index contributed by atoms with van der Waals surface area (Å²) < 4.78 is 24.0. The van der Waals surface area contributed by atoms with Crippen LogP contribution in [0.5, 0.6) is 0 Å². The molecule has 112 valence electrons. The maximum absolute atomic E-state index is 12.0. The molecular weight excluding hydrogens is 280 g/mol. The van der Waals surface area contributed by atoms with E-state index >= 15 is 0 Å². The highest BCUT2D eigenvalue weighted by atomic mass is 32.2. The zero-order valence-electron chi connectivity index (χ0n) is 11.3. The minimum atomic E-state index is -3.83. The number of hydrogen-bond acceptors (Lipinski definition) is 4. The van der Waals surface area contributed by atoms with Gasteiger partial charge in [-0.25, -0.2) is 5.14 Å². The highest BCUT2D eigenvalue weighted by molar-refractivity contribution is 7.90. The van der Waals surface area contributed by atoms with Gasteiger partial charge in [0.25, 0.3) is 10.2 Å². The van der Waals surface area contributed by atoms with E-state index in [9.17, 15) is 13.2 Å². The van der Waals surface area contributed by atoms with Gasteiger partial charge in [0.05, 0.1) is 11.6 Å². The Hall–Kier alpha value is -1.64. The Bertz CT molecular complexity index is 560. The van der Waals surface area contributed by atoms with Crippen molar-refractivity contribution in [1.29, 1.82) is 0 Å². The van der Waals surface area contributed by atoms with Gasteiger partial charge in [-0.15, -0.1) is 0 Å². The second-order valence-electron chi connectivity index (χ2n) is 4.44. The molecule has 1 aromatic carbocycles. The second kappa shape index (κ2) is 7.22. The molecule has 1 amide bonds. The number of anilines is 2. The first-order valence-corrected chi connectivity index (χ1v) is 7.82. The predicted octanol–water partition coefficient (Wildman–Crippen LogP) is 0.616. The molecule has 0 saturated carbocycles. The molecular formula is C12H20N4O3S. The van der Waals surface area contributed by atoms with Crippen LogP contribution in [0.25, 0.3) is 0 Å². The lowest BCUT2D eigenvalue weighted by Crippen LogP contribution is -2.29. The molecule has 0 aliphatic carbocycles. The molecule has 1 aromatic rings. The van der Waals surface area contributed by atoms with Crippen LogP contribution in [0.4, 0.5) is 11.4 Å². The average molecular weight is 300 g/mol.